The number of hydrogen-bond acceptors (Lipinski definition) is 7. The van der Waals surface area contributed by atoms with Gasteiger partial charge >= 0.3 is 5.97 Å². The van der Waals surface area contributed by atoms with Crippen molar-refractivity contribution in [3.8, 4) is 11.5 Å². The molecule has 0 fully saturated rings. The van der Waals surface area contributed by atoms with Gasteiger partial charge in [-0.25, -0.2) is 9.79 Å². The Morgan fingerprint density at radius 2 is 1.97 bits per heavy atom. The van der Waals surface area contributed by atoms with Crippen molar-refractivity contribution in [1.29, 1.82) is 0 Å². The number of non-ortho nitro benzene ring substituents is 1. The van der Waals surface area contributed by atoms with Crippen LogP contribution in [0.3, 0.4) is 0 Å². The van der Waals surface area contributed by atoms with Gasteiger partial charge in [0.15, 0.2) is 17.2 Å². The quantitative estimate of drug-likeness (QED) is 0.228. The minimum Gasteiger partial charge on any atom is -0.490 e. The van der Waals surface area contributed by atoms with Gasteiger partial charge in [-0.3, -0.25) is 10.1 Å². The smallest absolute Gasteiger partial charge is 0.363 e. The Morgan fingerprint density at radius 1 is 1.23 bits per heavy atom. The summed E-state index contributed by atoms with van der Waals surface area (Å²) in [5.74, 6) is 0.399. The van der Waals surface area contributed by atoms with Gasteiger partial charge in [0.25, 0.3) is 5.69 Å². The fourth-order valence-electron chi connectivity index (χ4n) is 2.69. The molecule has 3 rings (SSSR count). The Bertz CT molecular complexity index is 1080. The first-order chi connectivity index (χ1) is 14.3. The van der Waals surface area contributed by atoms with Gasteiger partial charge in [0, 0.05) is 12.1 Å². The molecule has 0 amide bonds. The number of cyclic esters (lactones) is 1. The Balaban J connectivity index is 1.97. The number of nitro groups is 1. The van der Waals surface area contributed by atoms with Crippen LogP contribution in [0, 0.1) is 10.1 Å². The lowest BCUT2D eigenvalue weighted by molar-refractivity contribution is -0.384. The highest BCUT2D eigenvalue weighted by atomic mass is 79.9. The van der Waals surface area contributed by atoms with Gasteiger partial charge in [-0.1, -0.05) is 11.6 Å². The number of nitro benzene ring substituents is 1. The summed E-state index contributed by atoms with van der Waals surface area (Å²) in [5, 5.41) is 10.9. The largest absolute Gasteiger partial charge is 0.490 e. The predicted octanol–water partition coefficient (Wildman–Crippen LogP) is 5.15. The maximum absolute atomic E-state index is 12.3. The molecule has 8 nitrogen and oxygen atoms in total. The van der Waals surface area contributed by atoms with Crippen LogP contribution >= 0.6 is 27.5 Å². The third-order valence-corrected chi connectivity index (χ3v) is 4.84. The van der Waals surface area contributed by atoms with Crippen LogP contribution in [0.15, 0.2) is 45.5 Å². The van der Waals surface area contributed by atoms with E-state index >= 15 is 0 Å². The second-order valence-electron chi connectivity index (χ2n) is 5.95. The van der Waals surface area contributed by atoms with Crippen LogP contribution in [0.5, 0.6) is 11.5 Å². The van der Waals surface area contributed by atoms with E-state index in [9.17, 15) is 14.9 Å². The molecule has 2 aromatic carbocycles. The molecule has 0 N–H and O–H groups in total. The number of halogens is 2. The Kier molecular flexibility index (Phi) is 6.73. The molecule has 2 aromatic rings. The van der Waals surface area contributed by atoms with E-state index in [1.54, 1.807) is 12.1 Å². The van der Waals surface area contributed by atoms with E-state index in [4.69, 9.17) is 25.8 Å². The van der Waals surface area contributed by atoms with E-state index < -0.39 is 10.9 Å². The molecule has 0 spiro atoms. The maximum atomic E-state index is 12.3. The second kappa shape index (κ2) is 9.27. The molecule has 0 radical (unpaired) electrons. The average molecular weight is 496 g/mol. The van der Waals surface area contributed by atoms with Crippen molar-refractivity contribution in [2.45, 2.75) is 13.8 Å². The second-order valence-corrected chi connectivity index (χ2v) is 7.21. The molecule has 1 aliphatic heterocycles. The summed E-state index contributed by atoms with van der Waals surface area (Å²) in [6, 6.07) is 7.31. The number of carbonyl (C=O) groups is 1. The lowest BCUT2D eigenvalue weighted by atomic mass is 10.1. The molecule has 0 unspecified atom stereocenters. The molecule has 156 valence electrons. The summed E-state index contributed by atoms with van der Waals surface area (Å²) < 4.78 is 17.1. The minimum absolute atomic E-state index is 0.0267. The predicted molar refractivity (Wildman–Crippen MR) is 115 cm³/mol. The number of hydrogen-bond donors (Lipinski definition) is 0. The van der Waals surface area contributed by atoms with E-state index in [0.29, 0.717) is 34.7 Å². The molecule has 0 bridgehead atoms. The van der Waals surface area contributed by atoms with Crippen LogP contribution in [0.4, 0.5) is 5.69 Å². The molecule has 0 saturated heterocycles. The molecule has 0 saturated carbocycles. The highest BCUT2D eigenvalue weighted by Gasteiger charge is 2.27. The monoisotopic (exact) mass is 494 g/mol. The van der Waals surface area contributed by atoms with Gasteiger partial charge in [-0.05, 0) is 59.6 Å². The lowest BCUT2D eigenvalue weighted by Gasteiger charge is -2.13. The number of rotatable bonds is 7. The summed E-state index contributed by atoms with van der Waals surface area (Å²) in [5.41, 5.74) is 0.799. The molecule has 1 aliphatic rings. The molecule has 0 aromatic heterocycles. The van der Waals surface area contributed by atoms with Gasteiger partial charge in [-0.15, -0.1) is 0 Å². The normalized spacial score (nSPS) is 14.5. The topological polar surface area (TPSA) is 100 Å². The van der Waals surface area contributed by atoms with Gasteiger partial charge in [0.1, 0.15) is 0 Å². The summed E-state index contributed by atoms with van der Waals surface area (Å²) in [7, 11) is 0. The number of nitrogens with zero attached hydrogens (tertiary/aromatic N) is 2. The molecule has 30 heavy (non-hydrogen) atoms. The van der Waals surface area contributed by atoms with E-state index in [1.165, 1.54) is 24.3 Å². The van der Waals surface area contributed by atoms with Crippen molar-refractivity contribution in [2.75, 3.05) is 13.2 Å². The zero-order valence-electron chi connectivity index (χ0n) is 16.0. The van der Waals surface area contributed by atoms with Crippen LogP contribution in [0.1, 0.15) is 25.0 Å². The number of aliphatic imine (C=N–C) groups is 1. The Labute approximate surface area is 185 Å². The van der Waals surface area contributed by atoms with Crippen molar-refractivity contribution in [3.63, 3.8) is 0 Å². The highest BCUT2D eigenvalue weighted by molar-refractivity contribution is 9.10. The summed E-state index contributed by atoms with van der Waals surface area (Å²) in [6.45, 7) is 4.63. The molecule has 0 aliphatic carbocycles. The van der Waals surface area contributed by atoms with Gasteiger partial charge in [0.05, 0.1) is 33.2 Å². The zero-order valence-corrected chi connectivity index (χ0v) is 18.3. The number of benzene rings is 2. The first-order valence-corrected chi connectivity index (χ1v) is 10.1. The average Bonchev–Trinajstić information content (AvgIpc) is 3.04. The maximum Gasteiger partial charge on any atom is 0.363 e. The van der Waals surface area contributed by atoms with E-state index in [-0.39, 0.29) is 27.9 Å². The number of esters is 1. The lowest BCUT2D eigenvalue weighted by Crippen LogP contribution is -2.06. The third kappa shape index (κ3) is 4.63. The van der Waals surface area contributed by atoms with Crippen LogP contribution in [-0.2, 0) is 9.53 Å². The Hall–Kier alpha value is -2.91. The van der Waals surface area contributed by atoms with Crippen molar-refractivity contribution in [1.82, 2.24) is 0 Å². The van der Waals surface area contributed by atoms with E-state index in [1.807, 2.05) is 13.8 Å². The molecule has 1 heterocycles. The standard InChI is InChI=1S/C20H16BrClN2O6/c1-3-28-17-9-11(7-14(21)18(17)29-4-2)8-16-20(25)30-19(23-16)13-6-5-12(24(26)27)10-15(13)22/h5-10H,3-4H2,1-2H3/b16-8-. The number of carbonyl (C=O) groups excluding carboxylic acids is 1. The molecular weight excluding hydrogens is 480 g/mol. The fraction of sp³-hybridized carbons (Fsp3) is 0.200. The third-order valence-electron chi connectivity index (χ3n) is 3.94. The van der Waals surface area contributed by atoms with Crippen LogP contribution in [0.2, 0.25) is 5.02 Å². The fourth-order valence-corrected chi connectivity index (χ4v) is 3.52. The summed E-state index contributed by atoms with van der Waals surface area (Å²) >= 11 is 9.55. The van der Waals surface area contributed by atoms with Crippen molar-refractivity contribution < 1.29 is 23.9 Å². The van der Waals surface area contributed by atoms with Crippen LogP contribution in [-0.4, -0.2) is 30.0 Å². The highest BCUT2D eigenvalue weighted by Crippen LogP contribution is 2.38. The van der Waals surface area contributed by atoms with E-state index in [0.717, 1.165) is 0 Å². The van der Waals surface area contributed by atoms with Crippen LogP contribution in [0.25, 0.3) is 6.08 Å². The molecular formula is C20H16BrClN2O6. The number of ether oxygens (including phenoxy) is 3. The van der Waals surface area contributed by atoms with Gasteiger partial charge in [-0.2, -0.15) is 0 Å². The van der Waals surface area contributed by atoms with E-state index in [2.05, 4.69) is 20.9 Å². The molecule has 0 atom stereocenters. The SMILES string of the molecule is CCOc1cc(/C=C2\N=C(c3ccc([N+](=O)[O-])cc3Cl)OC2=O)cc(Br)c1OCC. The van der Waals surface area contributed by atoms with Gasteiger partial charge < -0.3 is 14.2 Å². The van der Waals surface area contributed by atoms with Crippen molar-refractivity contribution in [2.24, 2.45) is 4.99 Å². The summed E-state index contributed by atoms with van der Waals surface area (Å²) in [4.78, 5) is 26.8. The Morgan fingerprint density at radius 3 is 2.60 bits per heavy atom. The first kappa shape index (κ1) is 21.8. The van der Waals surface area contributed by atoms with Crippen molar-refractivity contribution >= 4 is 51.2 Å². The zero-order chi connectivity index (χ0) is 21.8. The van der Waals surface area contributed by atoms with Crippen LogP contribution < -0.4 is 9.47 Å². The minimum atomic E-state index is -0.664. The van der Waals surface area contributed by atoms with Gasteiger partial charge in [0.2, 0.25) is 5.90 Å². The molecule has 10 heteroatoms. The summed E-state index contributed by atoms with van der Waals surface area (Å²) in [6.07, 6.45) is 1.54. The first-order valence-electron chi connectivity index (χ1n) is 8.90. The van der Waals surface area contributed by atoms with Crippen molar-refractivity contribution in [3.05, 3.63) is 66.8 Å².